The van der Waals surface area contributed by atoms with Crippen molar-refractivity contribution >= 4 is 0 Å². The average molecular weight is 190 g/mol. The SMILES string of the molecule is COC(F)(F)c1ccc(C)c(F)c1. The number of rotatable bonds is 2. The Labute approximate surface area is 74.1 Å². The molecule has 0 spiro atoms. The van der Waals surface area contributed by atoms with Crippen LogP contribution in [0.1, 0.15) is 11.1 Å². The molecule has 0 atom stereocenters. The fourth-order valence-corrected chi connectivity index (χ4v) is 0.892. The summed E-state index contributed by atoms with van der Waals surface area (Å²) in [4.78, 5) is 0. The van der Waals surface area contributed by atoms with E-state index in [4.69, 9.17) is 0 Å². The molecule has 0 saturated carbocycles. The Balaban J connectivity index is 3.10. The number of halogens is 3. The van der Waals surface area contributed by atoms with E-state index in [9.17, 15) is 13.2 Å². The van der Waals surface area contributed by atoms with E-state index in [0.717, 1.165) is 19.2 Å². The summed E-state index contributed by atoms with van der Waals surface area (Å²) in [5, 5.41) is 0. The van der Waals surface area contributed by atoms with Crippen LogP contribution in [0, 0.1) is 12.7 Å². The highest BCUT2D eigenvalue weighted by Crippen LogP contribution is 2.29. The highest BCUT2D eigenvalue weighted by molar-refractivity contribution is 5.25. The van der Waals surface area contributed by atoms with E-state index in [0.29, 0.717) is 5.56 Å². The van der Waals surface area contributed by atoms with Gasteiger partial charge in [-0.1, -0.05) is 6.07 Å². The smallest absolute Gasteiger partial charge is 0.320 e. The molecular formula is C9H9F3O. The zero-order valence-corrected chi connectivity index (χ0v) is 7.27. The summed E-state index contributed by atoms with van der Waals surface area (Å²) in [5.74, 6) is -0.658. The lowest BCUT2D eigenvalue weighted by Gasteiger charge is -2.14. The number of ether oxygens (including phenoxy) is 1. The lowest BCUT2D eigenvalue weighted by molar-refractivity contribution is -0.231. The van der Waals surface area contributed by atoms with Gasteiger partial charge in [0.05, 0.1) is 5.56 Å². The molecule has 72 valence electrons. The van der Waals surface area contributed by atoms with Gasteiger partial charge in [-0.05, 0) is 24.6 Å². The largest absolute Gasteiger partial charge is 0.383 e. The average Bonchev–Trinajstić information content (AvgIpc) is 2.09. The molecule has 0 aliphatic rings. The Morgan fingerprint density at radius 2 is 1.92 bits per heavy atom. The first kappa shape index (κ1) is 10.1. The summed E-state index contributed by atoms with van der Waals surface area (Å²) in [7, 11) is 0.873. The molecule has 0 fully saturated rings. The van der Waals surface area contributed by atoms with E-state index in [1.807, 2.05) is 0 Å². The van der Waals surface area contributed by atoms with Crippen LogP contribution in [0.3, 0.4) is 0 Å². The molecule has 0 aliphatic heterocycles. The van der Waals surface area contributed by atoms with Crippen molar-refractivity contribution in [3.05, 3.63) is 35.1 Å². The van der Waals surface area contributed by atoms with Crippen LogP contribution in [0.5, 0.6) is 0 Å². The van der Waals surface area contributed by atoms with Crippen molar-refractivity contribution in [1.29, 1.82) is 0 Å². The van der Waals surface area contributed by atoms with Crippen LogP contribution in [-0.2, 0) is 10.8 Å². The summed E-state index contributed by atoms with van der Waals surface area (Å²) in [5.41, 5.74) is -0.145. The molecule has 13 heavy (non-hydrogen) atoms. The van der Waals surface area contributed by atoms with E-state index >= 15 is 0 Å². The van der Waals surface area contributed by atoms with Crippen molar-refractivity contribution in [3.8, 4) is 0 Å². The first-order valence-electron chi connectivity index (χ1n) is 3.67. The van der Waals surface area contributed by atoms with Crippen molar-refractivity contribution in [2.45, 2.75) is 13.0 Å². The van der Waals surface area contributed by atoms with Crippen molar-refractivity contribution in [3.63, 3.8) is 0 Å². The van der Waals surface area contributed by atoms with Gasteiger partial charge >= 0.3 is 6.11 Å². The minimum atomic E-state index is -3.42. The number of hydrogen-bond donors (Lipinski definition) is 0. The van der Waals surface area contributed by atoms with E-state index in [-0.39, 0.29) is 0 Å². The molecule has 0 saturated heterocycles. The summed E-state index contributed by atoms with van der Waals surface area (Å²) in [6, 6.07) is 3.21. The lowest BCUT2D eigenvalue weighted by Crippen LogP contribution is -2.15. The van der Waals surface area contributed by atoms with Crippen LogP contribution in [0.2, 0.25) is 0 Å². The van der Waals surface area contributed by atoms with Gasteiger partial charge in [0.25, 0.3) is 0 Å². The molecule has 4 heteroatoms. The van der Waals surface area contributed by atoms with E-state index in [1.54, 1.807) is 0 Å². The maximum Gasteiger partial charge on any atom is 0.383 e. The topological polar surface area (TPSA) is 9.23 Å². The molecule has 0 radical (unpaired) electrons. The summed E-state index contributed by atoms with van der Waals surface area (Å²) in [6.07, 6.45) is -3.42. The zero-order chi connectivity index (χ0) is 10.1. The number of alkyl halides is 2. The molecule has 0 bridgehead atoms. The predicted octanol–water partition coefficient (Wildman–Crippen LogP) is 2.83. The van der Waals surface area contributed by atoms with Crippen LogP contribution >= 0.6 is 0 Å². The molecule has 1 aromatic rings. The monoisotopic (exact) mass is 190 g/mol. The number of aryl methyl sites for hydroxylation is 1. The summed E-state index contributed by atoms with van der Waals surface area (Å²) < 4.78 is 42.4. The van der Waals surface area contributed by atoms with E-state index in [1.165, 1.54) is 13.0 Å². The Morgan fingerprint density at radius 1 is 1.31 bits per heavy atom. The normalized spacial score (nSPS) is 11.8. The Hall–Kier alpha value is -1.03. The maximum absolute atomic E-state index is 12.9. The molecule has 0 aromatic heterocycles. The summed E-state index contributed by atoms with van der Waals surface area (Å²) in [6.45, 7) is 1.50. The van der Waals surface area contributed by atoms with E-state index < -0.39 is 17.5 Å². The van der Waals surface area contributed by atoms with Gasteiger partial charge < -0.3 is 4.74 Å². The van der Waals surface area contributed by atoms with Crippen LogP contribution < -0.4 is 0 Å². The summed E-state index contributed by atoms with van der Waals surface area (Å²) >= 11 is 0. The fraction of sp³-hybridized carbons (Fsp3) is 0.333. The second-order valence-corrected chi connectivity index (χ2v) is 2.68. The maximum atomic E-state index is 12.9. The minimum absolute atomic E-state index is 0.329. The molecule has 0 heterocycles. The Bertz CT molecular complexity index is 310. The molecule has 1 nitrogen and oxygen atoms in total. The first-order valence-corrected chi connectivity index (χ1v) is 3.67. The third kappa shape index (κ3) is 2.01. The van der Waals surface area contributed by atoms with Gasteiger partial charge in [-0.3, -0.25) is 0 Å². The van der Waals surface area contributed by atoms with Crippen LogP contribution in [0.25, 0.3) is 0 Å². The van der Waals surface area contributed by atoms with Gasteiger partial charge in [-0.2, -0.15) is 8.78 Å². The van der Waals surface area contributed by atoms with Crippen LogP contribution in [-0.4, -0.2) is 7.11 Å². The quantitative estimate of drug-likeness (QED) is 0.696. The van der Waals surface area contributed by atoms with Crippen LogP contribution in [0.4, 0.5) is 13.2 Å². The highest BCUT2D eigenvalue weighted by Gasteiger charge is 2.31. The molecule has 0 unspecified atom stereocenters. The zero-order valence-electron chi connectivity index (χ0n) is 7.27. The number of methoxy groups -OCH3 is 1. The van der Waals surface area contributed by atoms with Crippen molar-refractivity contribution < 1.29 is 17.9 Å². The number of hydrogen-bond acceptors (Lipinski definition) is 1. The molecule has 1 aromatic carbocycles. The van der Waals surface area contributed by atoms with Gasteiger partial charge in [0.2, 0.25) is 0 Å². The van der Waals surface area contributed by atoms with Gasteiger partial charge in [0.1, 0.15) is 5.82 Å². The number of benzene rings is 1. The Morgan fingerprint density at radius 3 is 2.38 bits per heavy atom. The van der Waals surface area contributed by atoms with E-state index in [2.05, 4.69) is 4.74 Å². The molecule has 0 amide bonds. The van der Waals surface area contributed by atoms with Crippen LogP contribution in [0.15, 0.2) is 18.2 Å². The molecule has 0 N–H and O–H groups in total. The molecule has 1 rings (SSSR count). The third-order valence-electron chi connectivity index (χ3n) is 1.76. The van der Waals surface area contributed by atoms with Gasteiger partial charge in [0.15, 0.2) is 0 Å². The van der Waals surface area contributed by atoms with Crippen molar-refractivity contribution in [2.75, 3.05) is 7.11 Å². The van der Waals surface area contributed by atoms with Crippen molar-refractivity contribution in [1.82, 2.24) is 0 Å². The fourth-order valence-electron chi connectivity index (χ4n) is 0.892. The third-order valence-corrected chi connectivity index (χ3v) is 1.76. The predicted molar refractivity (Wildman–Crippen MR) is 42.0 cm³/mol. The van der Waals surface area contributed by atoms with Crippen molar-refractivity contribution in [2.24, 2.45) is 0 Å². The Kier molecular flexibility index (Phi) is 2.61. The van der Waals surface area contributed by atoms with Gasteiger partial charge in [-0.25, -0.2) is 4.39 Å². The van der Waals surface area contributed by atoms with Gasteiger partial charge in [0, 0.05) is 7.11 Å². The standard InChI is InChI=1S/C9H9F3O/c1-6-3-4-7(5-8(6)10)9(11,12)13-2/h3-5H,1-2H3. The first-order chi connectivity index (χ1) is 5.97. The van der Waals surface area contributed by atoms with Gasteiger partial charge in [-0.15, -0.1) is 0 Å². The molecule has 0 aliphatic carbocycles. The minimum Gasteiger partial charge on any atom is -0.320 e. The highest BCUT2D eigenvalue weighted by atomic mass is 19.3. The second kappa shape index (κ2) is 3.38. The molecular weight excluding hydrogens is 181 g/mol. The lowest BCUT2D eigenvalue weighted by atomic mass is 10.1. The second-order valence-electron chi connectivity index (χ2n) is 2.68.